The van der Waals surface area contributed by atoms with Crippen molar-refractivity contribution in [1.29, 1.82) is 0 Å². The van der Waals surface area contributed by atoms with E-state index >= 15 is 0 Å². The molecule has 2 heteroatoms. The van der Waals surface area contributed by atoms with Crippen LogP contribution in [0.3, 0.4) is 0 Å². The van der Waals surface area contributed by atoms with Gasteiger partial charge in [0.15, 0.2) is 0 Å². The molecular formula is C13H17ClO. The molecule has 15 heavy (non-hydrogen) atoms. The molecule has 0 amide bonds. The summed E-state index contributed by atoms with van der Waals surface area (Å²) in [5, 5.41) is 11.3. The van der Waals surface area contributed by atoms with E-state index in [1.54, 1.807) is 0 Å². The molecule has 0 aromatic heterocycles. The molecule has 0 spiro atoms. The fourth-order valence-corrected chi connectivity index (χ4v) is 2.78. The van der Waals surface area contributed by atoms with Crippen molar-refractivity contribution in [3.63, 3.8) is 0 Å². The van der Waals surface area contributed by atoms with Crippen LogP contribution in [0.2, 0.25) is 5.02 Å². The number of aryl methyl sites for hydroxylation is 1. The normalized spacial score (nSPS) is 20.2. The largest absolute Gasteiger partial charge is 0.385 e. The molecule has 2 rings (SSSR count). The van der Waals surface area contributed by atoms with Crippen molar-refractivity contribution in [2.24, 2.45) is 0 Å². The van der Waals surface area contributed by atoms with Crippen LogP contribution in [0.15, 0.2) is 18.2 Å². The maximum Gasteiger partial charge on any atom is 0.0899 e. The summed E-state index contributed by atoms with van der Waals surface area (Å²) in [4.78, 5) is 0. The molecule has 0 atom stereocenters. The minimum Gasteiger partial charge on any atom is -0.385 e. The van der Waals surface area contributed by atoms with Gasteiger partial charge in [0.05, 0.1) is 5.60 Å². The lowest BCUT2D eigenvalue weighted by atomic mass is 9.78. The summed E-state index contributed by atoms with van der Waals surface area (Å²) < 4.78 is 0. The predicted octanol–water partition coefficient (Wildman–Crippen LogP) is 3.80. The van der Waals surface area contributed by atoms with Crippen molar-refractivity contribution in [1.82, 2.24) is 0 Å². The Kier molecular flexibility index (Phi) is 3.03. The van der Waals surface area contributed by atoms with Crippen LogP contribution in [0, 0.1) is 6.92 Å². The third kappa shape index (κ3) is 2.19. The molecule has 0 saturated heterocycles. The zero-order valence-corrected chi connectivity index (χ0v) is 9.85. The third-order valence-corrected chi connectivity index (χ3v) is 3.61. The Morgan fingerprint density at radius 1 is 1.20 bits per heavy atom. The molecule has 0 radical (unpaired) electrons. The molecule has 1 aromatic rings. The van der Waals surface area contributed by atoms with Crippen LogP contribution in [0.5, 0.6) is 0 Å². The van der Waals surface area contributed by atoms with E-state index in [0.717, 1.165) is 41.8 Å². The van der Waals surface area contributed by atoms with Crippen molar-refractivity contribution >= 4 is 11.6 Å². The molecule has 1 aliphatic carbocycles. The molecule has 0 heterocycles. The Morgan fingerprint density at radius 3 is 2.47 bits per heavy atom. The zero-order valence-electron chi connectivity index (χ0n) is 9.09. The van der Waals surface area contributed by atoms with E-state index in [9.17, 15) is 5.11 Å². The Morgan fingerprint density at radius 2 is 1.87 bits per heavy atom. The molecule has 0 aliphatic heterocycles. The summed E-state index contributed by atoms with van der Waals surface area (Å²) in [7, 11) is 0. The average molecular weight is 225 g/mol. The minimum atomic E-state index is -0.604. The van der Waals surface area contributed by atoms with Gasteiger partial charge in [0.1, 0.15) is 0 Å². The van der Waals surface area contributed by atoms with E-state index < -0.39 is 5.60 Å². The highest BCUT2D eigenvalue weighted by atomic mass is 35.5. The van der Waals surface area contributed by atoms with Crippen LogP contribution < -0.4 is 0 Å². The van der Waals surface area contributed by atoms with E-state index in [4.69, 9.17) is 11.6 Å². The summed E-state index contributed by atoms with van der Waals surface area (Å²) in [6.07, 6.45) is 5.26. The van der Waals surface area contributed by atoms with Crippen LogP contribution >= 0.6 is 11.6 Å². The number of benzene rings is 1. The Bertz CT molecular complexity index is 354. The van der Waals surface area contributed by atoms with Crippen LogP contribution in [-0.2, 0) is 5.60 Å². The highest BCUT2D eigenvalue weighted by molar-refractivity contribution is 6.30. The van der Waals surface area contributed by atoms with Crippen molar-refractivity contribution < 1.29 is 5.11 Å². The van der Waals surface area contributed by atoms with E-state index in [-0.39, 0.29) is 0 Å². The van der Waals surface area contributed by atoms with E-state index in [1.807, 2.05) is 25.1 Å². The van der Waals surface area contributed by atoms with Crippen LogP contribution in [0.25, 0.3) is 0 Å². The van der Waals surface area contributed by atoms with Crippen LogP contribution in [-0.4, -0.2) is 5.11 Å². The summed E-state index contributed by atoms with van der Waals surface area (Å²) in [5.41, 5.74) is 1.56. The first-order chi connectivity index (χ1) is 7.12. The molecule has 1 nitrogen and oxygen atoms in total. The highest BCUT2D eigenvalue weighted by Crippen LogP contribution is 2.38. The van der Waals surface area contributed by atoms with E-state index in [2.05, 4.69) is 0 Å². The van der Waals surface area contributed by atoms with Gasteiger partial charge in [0.2, 0.25) is 0 Å². The van der Waals surface area contributed by atoms with Crippen molar-refractivity contribution in [3.8, 4) is 0 Å². The molecule has 1 saturated carbocycles. The molecule has 0 bridgehead atoms. The fourth-order valence-electron chi connectivity index (χ4n) is 2.56. The standard InChI is InChI=1S/C13H17ClO/c1-10-9-11(14)5-6-12(10)13(15)7-3-2-4-8-13/h5-6,9,15H,2-4,7-8H2,1H3. The average Bonchev–Trinajstić information content (AvgIpc) is 2.18. The van der Waals surface area contributed by atoms with Crippen LogP contribution in [0.1, 0.15) is 43.2 Å². The second-order valence-corrected chi connectivity index (χ2v) is 4.99. The maximum atomic E-state index is 10.6. The first-order valence-electron chi connectivity index (χ1n) is 5.61. The van der Waals surface area contributed by atoms with Gasteiger partial charge in [-0.2, -0.15) is 0 Å². The maximum absolute atomic E-state index is 10.6. The molecular weight excluding hydrogens is 208 g/mol. The summed E-state index contributed by atoms with van der Waals surface area (Å²) in [6.45, 7) is 2.02. The van der Waals surface area contributed by atoms with Crippen LogP contribution in [0.4, 0.5) is 0 Å². The molecule has 82 valence electrons. The van der Waals surface area contributed by atoms with Crippen molar-refractivity contribution in [3.05, 3.63) is 34.3 Å². The lowest BCUT2D eigenvalue weighted by Gasteiger charge is -2.33. The van der Waals surface area contributed by atoms with Crippen molar-refractivity contribution in [2.75, 3.05) is 0 Å². The fraction of sp³-hybridized carbons (Fsp3) is 0.538. The first-order valence-corrected chi connectivity index (χ1v) is 5.99. The lowest BCUT2D eigenvalue weighted by Crippen LogP contribution is -2.29. The minimum absolute atomic E-state index is 0.604. The van der Waals surface area contributed by atoms with Gasteiger partial charge in [-0.15, -0.1) is 0 Å². The number of hydrogen-bond acceptors (Lipinski definition) is 1. The molecule has 1 aliphatic rings. The van der Waals surface area contributed by atoms with Gasteiger partial charge < -0.3 is 5.11 Å². The van der Waals surface area contributed by atoms with Gasteiger partial charge in [-0.25, -0.2) is 0 Å². The third-order valence-electron chi connectivity index (χ3n) is 3.37. The first kappa shape index (κ1) is 11.0. The molecule has 1 aromatic carbocycles. The van der Waals surface area contributed by atoms with Crippen molar-refractivity contribution in [2.45, 2.75) is 44.6 Å². The predicted molar refractivity (Wildman–Crippen MR) is 63.2 cm³/mol. The summed E-state index contributed by atoms with van der Waals surface area (Å²) in [6, 6.07) is 5.78. The van der Waals surface area contributed by atoms with E-state index in [1.165, 1.54) is 6.42 Å². The van der Waals surface area contributed by atoms with Gasteiger partial charge in [-0.05, 0) is 43.0 Å². The lowest BCUT2D eigenvalue weighted by molar-refractivity contribution is -0.00117. The van der Waals surface area contributed by atoms with Gasteiger partial charge >= 0.3 is 0 Å². The van der Waals surface area contributed by atoms with Gasteiger partial charge in [-0.1, -0.05) is 36.9 Å². The van der Waals surface area contributed by atoms with Gasteiger partial charge in [0, 0.05) is 5.02 Å². The number of aliphatic hydroxyl groups is 1. The Hall–Kier alpha value is -0.530. The zero-order chi connectivity index (χ0) is 10.9. The number of rotatable bonds is 1. The smallest absolute Gasteiger partial charge is 0.0899 e. The Labute approximate surface area is 96.1 Å². The topological polar surface area (TPSA) is 20.2 Å². The molecule has 1 N–H and O–H groups in total. The second-order valence-electron chi connectivity index (χ2n) is 4.55. The van der Waals surface area contributed by atoms with Gasteiger partial charge in [-0.3, -0.25) is 0 Å². The van der Waals surface area contributed by atoms with E-state index in [0.29, 0.717) is 0 Å². The molecule has 0 unspecified atom stereocenters. The SMILES string of the molecule is Cc1cc(Cl)ccc1C1(O)CCCCC1. The Balaban J connectivity index is 2.35. The van der Waals surface area contributed by atoms with Gasteiger partial charge in [0.25, 0.3) is 0 Å². The second kappa shape index (κ2) is 4.15. The summed E-state index contributed by atoms with van der Waals surface area (Å²) >= 11 is 5.92. The highest BCUT2D eigenvalue weighted by Gasteiger charge is 2.32. The monoisotopic (exact) mass is 224 g/mol. The quantitative estimate of drug-likeness (QED) is 0.770. The summed E-state index contributed by atoms with van der Waals surface area (Å²) in [5.74, 6) is 0. The number of halogens is 1. The molecule has 1 fully saturated rings. The number of hydrogen-bond donors (Lipinski definition) is 1.